The van der Waals surface area contributed by atoms with Crippen LogP contribution in [-0.2, 0) is 4.74 Å². The van der Waals surface area contributed by atoms with Crippen molar-refractivity contribution < 1.29 is 19.0 Å². The first-order chi connectivity index (χ1) is 9.11. The maximum absolute atomic E-state index is 13.3. The zero-order valence-corrected chi connectivity index (χ0v) is 10.6. The molecule has 2 heterocycles. The highest BCUT2D eigenvalue weighted by Gasteiger charge is 2.29. The molecular weight excluding hydrogens is 251 g/mol. The Labute approximate surface area is 110 Å². The quantitative estimate of drug-likeness (QED) is 0.850. The van der Waals surface area contributed by atoms with E-state index in [0.29, 0.717) is 19.4 Å². The molecule has 0 bridgehead atoms. The Bertz CT molecular complexity index is 447. The van der Waals surface area contributed by atoms with Crippen molar-refractivity contribution >= 4 is 5.91 Å². The summed E-state index contributed by atoms with van der Waals surface area (Å²) in [5, 5.41) is 12.7. The average Bonchev–Trinajstić information content (AvgIpc) is 2.39. The first kappa shape index (κ1) is 13.9. The molecule has 1 aromatic heterocycles. The van der Waals surface area contributed by atoms with Gasteiger partial charge in [-0.2, -0.15) is 0 Å². The number of hydrogen-bond donors (Lipinski definition) is 2. The molecule has 1 atom stereocenters. The average molecular weight is 268 g/mol. The van der Waals surface area contributed by atoms with Gasteiger partial charge in [0.15, 0.2) is 11.5 Å². The van der Waals surface area contributed by atoms with E-state index in [1.54, 1.807) is 0 Å². The molecular formula is C13H17FN2O3. The summed E-state index contributed by atoms with van der Waals surface area (Å²) in [5.74, 6) is -1.22. The Morgan fingerprint density at radius 2 is 2.47 bits per heavy atom. The van der Waals surface area contributed by atoms with Crippen LogP contribution in [0.15, 0.2) is 18.3 Å². The van der Waals surface area contributed by atoms with Gasteiger partial charge in [0.1, 0.15) is 0 Å². The third kappa shape index (κ3) is 3.71. The summed E-state index contributed by atoms with van der Waals surface area (Å²) in [5.41, 5.74) is -1.12. The summed E-state index contributed by atoms with van der Waals surface area (Å²) in [6, 6.07) is 2.61. The second-order valence-electron chi connectivity index (χ2n) is 4.72. The molecule has 1 saturated heterocycles. The number of carbonyl (C=O) groups excluding carboxylic acids is 1. The van der Waals surface area contributed by atoms with E-state index < -0.39 is 17.3 Å². The van der Waals surface area contributed by atoms with Gasteiger partial charge in [-0.1, -0.05) is 0 Å². The smallest absolute Gasteiger partial charge is 0.272 e. The monoisotopic (exact) mass is 268 g/mol. The van der Waals surface area contributed by atoms with E-state index in [9.17, 15) is 14.3 Å². The molecule has 1 aliphatic rings. The van der Waals surface area contributed by atoms with Crippen molar-refractivity contribution in [2.75, 3.05) is 19.8 Å². The highest BCUT2D eigenvalue weighted by atomic mass is 19.1. The molecule has 0 unspecified atom stereocenters. The van der Waals surface area contributed by atoms with Crippen LogP contribution in [0.5, 0.6) is 0 Å². The number of nitrogens with one attached hydrogen (secondary N) is 1. The van der Waals surface area contributed by atoms with Crippen molar-refractivity contribution in [2.45, 2.75) is 24.9 Å². The van der Waals surface area contributed by atoms with Gasteiger partial charge >= 0.3 is 0 Å². The van der Waals surface area contributed by atoms with Gasteiger partial charge in [0.2, 0.25) is 0 Å². The summed E-state index contributed by atoms with van der Waals surface area (Å²) >= 11 is 0. The number of amides is 1. The third-order valence-electron chi connectivity index (χ3n) is 3.15. The van der Waals surface area contributed by atoms with Crippen molar-refractivity contribution in [2.24, 2.45) is 0 Å². The molecule has 0 saturated carbocycles. The van der Waals surface area contributed by atoms with Crippen LogP contribution in [0.2, 0.25) is 0 Å². The predicted octanol–water partition coefficient (Wildman–Crippen LogP) is 0.882. The van der Waals surface area contributed by atoms with Crippen molar-refractivity contribution in [1.82, 2.24) is 10.3 Å². The zero-order valence-electron chi connectivity index (χ0n) is 10.6. The molecule has 104 valence electrons. The molecule has 1 aromatic rings. The number of pyridine rings is 1. The lowest BCUT2D eigenvalue weighted by molar-refractivity contribution is -0.0887. The second-order valence-corrected chi connectivity index (χ2v) is 4.72. The second kappa shape index (κ2) is 6.08. The molecule has 19 heavy (non-hydrogen) atoms. The van der Waals surface area contributed by atoms with Crippen LogP contribution < -0.4 is 5.32 Å². The molecule has 0 aliphatic carbocycles. The van der Waals surface area contributed by atoms with Gasteiger partial charge in [0.25, 0.3) is 5.91 Å². The first-order valence-electron chi connectivity index (χ1n) is 6.30. The number of hydrogen-bond acceptors (Lipinski definition) is 4. The van der Waals surface area contributed by atoms with Gasteiger partial charge in [-0.25, -0.2) is 9.37 Å². The minimum absolute atomic E-state index is 0.227. The zero-order chi connectivity index (χ0) is 13.7. The Balaban J connectivity index is 1.82. The van der Waals surface area contributed by atoms with Crippen LogP contribution in [0.3, 0.4) is 0 Å². The Morgan fingerprint density at radius 3 is 3.16 bits per heavy atom. The fourth-order valence-electron chi connectivity index (χ4n) is 2.08. The minimum Gasteiger partial charge on any atom is -0.387 e. The van der Waals surface area contributed by atoms with Gasteiger partial charge in [-0.05, 0) is 31.4 Å². The number of halogens is 1. The van der Waals surface area contributed by atoms with Crippen LogP contribution >= 0.6 is 0 Å². The lowest BCUT2D eigenvalue weighted by Gasteiger charge is -2.31. The summed E-state index contributed by atoms with van der Waals surface area (Å²) in [4.78, 5) is 15.4. The summed E-state index contributed by atoms with van der Waals surface area (Å²) in [6.07, 6.45) is 3.20. The van der Waals surface area contributed by atoms with Gasteiger partial charge < -0.3 is 15.2 Å². The molecule has 2 N–H and O–H groups in total. The largest absolute Gasteiger partial charge is 0.387 e. The van der Waals surface area contributed by atoms with Gasteiger partial charge in [-0.15, -0.1) is 0 Å². The van der Waals surface area contributed by atoms with Crippen LogP contribution in [0, 0.1) is 5.82 Å². The van der Waals surface area contributed by atoms with E-state index in [1.165, 1.54) is 18.3 Å². The van der Waals surface area contributed by atoms with Crippen LogP contribution in [0.4, 0.5) is 4.39 Å². The molecule has 0 radical (unpaired) electrons. The fraction of sp³-hybridized carbons (Fsp3) is 0.538. The maximum Gasteiger partial charge on any atom is 0.272 e. The van der Waals surface area contributed by atoms with E-state index in [-0.39, 0.29) is 18.8 Å². The molecule has 2 rings (SSSR count). The molecule has 1 amide bonds. The number of aliphatic hydroxyl groups is 1. The molecule has 1 aliphatic heterocycles. The number of nitrogens with zero attached hydrogens (tertiary/aromatic N) is 1. The van der Waals surface area contributed by atoms with Gasteiger partial charge in [-0.3, -0.25) is 4.79 Å². The van der Waals surface area contributed by atoms with Crippen LogP contribution in [-0.4, -0.2) is 41.4 Å². The van der Waals surface area contributed by atoms with Gasteiger partial charge in [0.05, 0.1) is 12.2 Å². The number of carbonyl (C=O) groups is 1. The first-order valence-corrected chi connectivity index (χ1v) is 6.30. The molecule has 0 spiro atoms. The fourth-order valence-corrected chi connectivity index (χ4v) is 2.08. The van der Waals surface area contributed by atoms with E-state index >= 15 is 0 Å². The molecule has 6 heteroatoms. The van der Waals surface area contributed by atoms with E-state index in [0.717, 1.165) is 6.42 Å². The van der Waals surface area contributed by atoms with Gasteiger partial charge in [0, 0.05) is 19.3 Å². The lowest BCUT2D eigenvalue weighted by atomic mass is 9.93. The molecule has 1 fully saturated rings. The number of rotatable bonds is 4. The standard InChI is InChI=1S/C13H17FN2O3/c14-10-3-1-6-15-11(10)12(17)16-7-5-13(18)4-2-8-19-9-13/h1,3,6,18H,2,4-5,7-9H2,(H,16,17)/t13-/m1/s1. The Morgan fingerprint density at radius 1 is 1.63 bits per heavy atom. The van der Waals surface area contributed by atoms with E-state index in [4.69, 9.17) is 4.74 Å². The van der Waals surface area contributed by atoms with Crippen molar-refractivity contribution in [3.8, 4) is 0 Å². The highest BCUT2D eigenvalue weighted by molar-refractivity contribution is 5.92. The molecule has 0 aromatic carbocycles. The number of aromatic nitrogens is 1. The van der Waals surface area contributed by atoms with Crippen LogP contribution in [0.25, 0.3) is 0 Å². The predicted molar refractivity (Wildman–Crippen MR) is 66.1 cm³/mol. The third-order valence-corrected chi connectivity index (χ3v) is 3.15. The summed E-state index contributed by atoms with van der Waals surface area (Å²) in [7, 11) is 0. The topological polar surface area (TPSA) is 71.5 Å². The van der Waals surface area contributed by atoms with E-state index in [2.05, 4.69) is 10.3 Å². The normalized spacial score (nSPS) is 23.1. The van der Waals surface area contributed by atoms with Crippen LogP contribution in [0.1, 0.15) is 29.8 Å². The highest BCUT2D eigenvalue weighted by Crippen LogP contribution is 2.21. The lowest BCUT2D eigenvalue weighted by Crippen LogP contribution is -2.42. The SMILES string of the molecule is O=C(NCC[C@]1(O)CCCOC1)c1ncccc1F. The molecule has 5 nitrogen and oxygen atoms in total. The Kier molecular flexibility index (Phi) is 4.44. The minimum atomic E-state index is -0.895. The van der Waals surface area contributed by atoms with Crippen molar-refractivity contribution in [3.63, 3.8) is 0 Å². The van der Waals surface area contributed by atoms with Crippen molar-refractivity contribution in [1.29, 1.82) is 0 Å². The summed E-state index contributed by atoms with van der Waals surface area (Å²) < 4.78 is 18.5. The Hall–Kier alpha value is -1.53. The van der Waals surface area contributed by atoms with E-state index in [1.807, 2.05) is 0 Å². The van der Waals surface area contributed by atoms with Crippen molar-refractivity contribution in [3.05, 3.63) is 29.8 Å². The number of ether oxygens (including phenoxy) is 1. The summed E-state index contributed by atoms with van der Waals surface area (Å²) in [6.45, 7) is 1.20. The maximum atomic E-state index is 13.3.